The Labute approximate surface area is 167 Å². The summed E-state index contributed by atoms with van der Waals surface area (Å²) in [7, 11) is 0. The van der Waals surface area contributed by atoms with Crippen LogP contribution in [0.15, 0.2) is 12.1 Å². The number of carbonyl (C=O) groups is 2. The van der Waals surface area contributed by atoms with Crippen molar-refractivity contribution in [3.8, 4) is 5.75 Å². The molecule has 9 heteroatoms. The highest BCUT2D eigenvalue weighted by Gasteiger charge is 2.47. The van der Waals surface area contributed by atoms with Gasteiger partial charge in [0.05, 0.1) is 31.1 Å². The van der Waals surface area contributed by atoms with Crippen LogP contribution in [0.25, 0.3) is 0 Å². The highest BCUT2D eigenvalue weighted by atomic mass is 19.1. The first-order valence-electron chi connectivity index (χ1n) is 10.2. The van der Waals surface area contributed by atoms with Crippen LogP contribution in [0.1, 0.15) is 19.3 Å². The van der Waals surface area contributed by atoms with E-state index in [-0.39, 0.29) is 25.0 Å². The molecular formula is C20H24FN3O5. The van der Waals surface area contributed by atoms with Crippen LogP contribution in [0, 0.1) is 11.7 Å². The van der Waals surface area contributed by atoms with Gasteiger partial charge in [-0.25, -0.2) is 9.18 Å². The van der Waals surface area contributed by atoms with Gasteiger partial charge in [0, 0.05) is 31.1 Å². The molecule has 1 N–H and O–H groups in total. The van der Waals surface area contributed by atoms with Crippen LogP contribution < -0.4 is 19.9 Å². The second-order valence-electron chi connectivity index (χ2n) is 7.91. The Morgan fingerprint density at radius 3 is 2.72 bits per heavy atom. The van der Waals surface area contributed by atoms with Crippen molar-refractivity contribution in [3.63, 3.8) is 0 Å². The van der Waals surface area contributed by atoms with E-state index in [4.69, 9.17) is 14.2 Å². The first-order chi connectivity index (χ1) is 14.1. The van der Waals surface area contributed by atoms with Crippen molar-refractivity contribution >= 4 is 23.4 Å². The molecule has 1 aromatic carbocycles. The van der Waals surface area contributed by atoms with Gasteiger partial charge in [-0.3, -0.25) is 9.69 Å². The average molecular weight is 405 g/mol. The zero-order valence-electron chi connectivity index (χ0n) is 16.1. The number of ether oxygens (including phenoxy) is 3. The van der Waals surface area contributed by atoms with E-state index in [0.717, 1.165) is 19.3 Å². The Morgan fingerprint density at radius 2 is 2.00 bits per heavy atom. The summed E-state index contributed by atoms with van der Waals surface area (Å²) in [5.74, 6) is 0.119. The van der Waals surface area contributed by atoms with E-state index in [1.807, 2.05) is 4.90 Å². The summed E-state index contributed by atoms with van der Waals surface area (Å²) >= 11 is 0. The molecule has 29 heavy (non-hydrogen) atoms. The lowest BCUT2D eigenvalue weighted by molar-refractivity contribution is -0.127. The van der Waals surface area contributed by atoms with Crippen molar-refractivity contribution in [1.82, 2.24) is 5.32 Å². The molecule has 4 aliphatic rings. The number of halogens is 1. The van der Waals surface area contributed by atoms with Crippen LogP contribution in [0.4, 0.5) is 20.6 Å². The lowest BCUT2D eigenvalue weighted by atomic mass is 9.85. The van der Waals surface area contributed by atoms with Gasteiger partial charge in [-0.2, -0.15) is 0 Å². The molecule has 3 fully saturated rings. The fourth-order valence-corrected chi connectivity index (χ4v) is 4.28. The summed E-state index contributed by atoms with van der Waals surface area (Å²) in [5.41, 5.74) is 0.816. The van der Waals surface area contributed by atoms with Gasteiger partial charge in [0.1, 0.15) is 30.3 Å². The monoisotopic (exact) mass is 405 g/mol. The van der Waals surface area contributed by atoms with Gasteiger partial charge in [-0.1, -0.05) is 6.42 Å². The molecule has 2 atom stereocenters. The Morgan fingerprint density at radius 1 is 1.21 bits per heavy atom. The van der Waals surface area contributed by atoms with Crippen LogP contribution in [-0.2, 0) is 14.3 Å². The summed E-state index contributed by atoms with van der Waals surface area (Å²) in [6.07, 6.45) is 1.83. The van der Waals surface area contributed by atoms with Crippen LogP contribution in [0.3, 0.4) is 0 Å². The Kier molecular flexibility index (Phi) is 4.69. The standard InChI is InChI=1S/C20H24FN3O5/c21-13-8-15-17(9-14(13)23-4-6-27-7-5-23)28-11-16-18(29-20(26)24(15)16)10-22-19(25)12-2-1-3-12/h8-9,12,16,18H,1-7,10-11H2,(H,22,25)/t16-,18-/m0/s1. The van der Waals surface area contributed by atoms with Crippen LogP contribution >= 0.6 is 0 Å². The first-order valence-corrected chi connectivity index (χ1v) is 10.2. The molecule has 0 radical (unpaired) electrons. The number of hydrogen-bond donors (Lipinski definition) is 1. The van der Waals surface area contributed by atoms with Crippen LogP contribution in [-0.4, -0.2) is 63.6 Å². The lowest BCUT2D eigenvalue weighted by Gasteiger charge is -2.34. The Bertz CT molecular complexity index is 825. The summed E-state index contributed by atoms with van der Waals surface area (Å²) in [6.45, 7) is 2.77. The Hall–Kier alpha value is -2.55. The maximum Gasteiger partial charge on any atom is 0.415 e. The number of amides is 2. The number of benzene rings is 1. The highest BCUT2D eigenvalue weighted by Crippen LogP contribution is 2.42. The lowest BCUT2D eigenvalue weighted by Crippen LogP contribution is -2.49. The number of anilines is 2. The maximum absolute atomic E-state index is 14.9. The number of rotatable bonds is 4. The second-order valence-corrected chi connectivity index (χ2v) is 7.91. The summed E-state index contributed by atoms with van der Waals surface area (Å²) in [4.78, 5) is 28.0. The van der Waals surface area contributed by atoms with E-state index in [2.05, 4.69) is 5.32 Å². The average Bonchev–Trinajstić information content (AvgIpc) is 3.01. The fourth-order valence-electron chi connectivity index (χ4n) is 4.28. The topological polar surface area (TPSA) is 80.3 Å². The second kappa shape index (κ2) is 7.37. The van der Waals surface area contributed by atoms with E-state index >= 15 is 0 Å². The molecule has 0 bridgehead atoms. The molecule has 5 rings (SSSR count). The number of nitrogens with zero attached hydrogens (tertiary/aromatic N) is 2. The van der Waals surface area contributed by atoms with Crippen molar-refractivity contribution in [2.24, 2.45) is 5.92 Å². The third-order valence-corrected chi connectivity index (χ3v) is 6.21. The first kappa shape index (κ1) is 18.5. The Balaban J connectivity index is 1.33. The fraction of sp³-hybridized carbons (Fsp3) is 0.600. The highest BCUT2D eigenvalue weighted by molar-refractivity contribution is 5.94. The number of cyclic esters (lactones) is 1. The van der Waals surface area contributed by atoms with Gasteiger partial charge in [0.2, 0.25) is 5.91 Å². The smallest absolute Gasteiger partial charge is 0.415 e. The predicted molar refractivity (Wildman–Crippen MR) is 102 cm³/mol. The van der Waals surface area contributed by atoms with E-state index in [9.17, 15) is 14.0 Å². The molecule has 2 amide bonds. The van der Waals surface area contributed by atoms with E-state index < -0.39 is 24.1 Å². The molecule has 1 saturated carbocycles. The minimum Gasteiger partial charge on any atom is -0.489 e. The van der Waals surface area contributed by atoms with Crippen molar-refractivity contribution in [3.05, 3.63) is 17.9 Å². The van der Waals surface area contributed by atoms with Gasteiger partial charge in [-0.05, 0) is 12.8 Å². The summed E-state index contributed by atoms with van der Waals surface area (Å²) in [5, 5.41) is 2.88. The molecule has 0 spiro atoms. The van der Waals surface area contributed by atoms with Crippen LogP contribution in [0.5, 0.6) is 5.75 Å². The largest absolute Gasteiger partial charge is 0.489 e. The third kappa shape index (κ3) is 3.27. The molecule has 156 valence electrons. The zero-order valence-corrected chi connectivity index (χ0v) is 16.1. The molecule has 3 aliphatic heterocycles. The molecule has 0 unspecified atom stereocenters. The molecule has 1 aromatic rings. The SMILES string of the molecule is O=C(NC[C@@H]1OC(=O)N2c3cc(F)c(N4CCOCC4)cc3OC[C@@H]12)C1CCC1. The number of nitrogens with one attached hydrogen (secondary N) is 1. The van der Waals surface area contributed by atoms with Crippen molar-refractivity contribution in [2.45, 2.75) is 31.4 Å². The minimum atomic E-state index is -0.541. The molecule has 0 aromatic heterocycles. The quantitative estimate of drug-likeness (QED) is 0.821. The number of hydrogen-bond acceptors (Lipinski definition) is 6. The van der Waals surface area contributed by atoms with Gasteiger partial charge < -0.3 is 24.4 Å². The van der Waals surface area contributed by atoms with Crippen molar-refractivity contribution < 1.29 is 28.2 Å². The van der Waals surface area contributed by atoms with Crippen molar-refractivity contribution in [2.75, 3.05) is 49.3 Å². The molecule has 2 saturated heterocycles. The van der Waals surface area contributed by atoms with Gasteiger partial charge in [0.15, 0.2) is 0 Å². The summed E-state index contributed by atoms with van der Waals surface area (Å²) < 4.78 is 31.5. The van der Waals surface area contributed by atoms with Gasteiger partial charge in [-0.15, -0.1) is 0 Å². The van der Waals surface area contributed by atoms with Crippen molar-refractivity contribution in [1.29, 1.82) is 0 Å². The minimum absolute atomic E-state index is 0.00377. The normalized spacial score (nSPS) is 26.2. The number of fused-ring (bicyclic) bond motifs is 3. The summed E-state index contributed by atoms with van der Waals surface area (Å²) in [6, 6.07) is 2.58. The number of morpholine rings is 1. The van der Waals surface area contributed by atoms with E-state index in [1.54, 1.807) is 6.07 Å². The van der Waals surface area contributed by atoms with Gasteiger partial charge >= 0.3 is 6.09 Å². The molecule has 3 heterocycles. The van der Waals surface area contributed by atoms with Crippen LogP contribution in [0.2, 0.25) is 0 Å². The maximum atomic E-state index is 14.9. The van der Waals surface area contributed by atoms with E-state index in [0.29, 0.717) is 43.4 Å². The number of carbonyl (C=O) groups excluding carboxylic acids is 2. The van der Waals surface area contributed by atoms with Gasteiger partial charge in [0.25, 0.3) is 0 Å². The predicted octanol–water partition coefficient (Wildman–Crippen LogP) is 1.66. The van der Waals surface area contributed by atoms with E-state index in [1.165, 1.54) is 11.0 Å². The molecule has 8 nitrogen and oxygen atoms in total. The molecular weight excluding hydrogens is 381 g/mol. The molecule has 1 aliphatic carbocycles. The third-order valence-electron chi connectivity index (χ3n) is 6.21. The zero-order chi connectivity index (χ0) is 20.0.